The molecule has 7 heteroatoms. The first-order chi connectivity index (χ1) is 17.3. The number of fused-ring (bicyclic) bond motifs is 2. The number of pyridine rings is 1. The van der Waals surface area contributed by atoms with Crippen molar-refractivity contribution in [3.63, 3.8) is 0 Å². The highest BCUT2D eigenvalue weighted by molar-refractivity contribution is 5.95. The highest BCUT2D eigenvalue weighted by atomic mass is 16.5. The molecule has 2 atom stereocenters. The number of hydrogen-bond acceptors (Lipinski definition) is 6. The summed E-state index contributed by atoms with van der Waals surface area (Å²) in [6.45, 7) is 3.48. The maximum atomic E-state index is 12.5. The van der Waals surface area contributed by atoms with Crippen LogP contribution in [-0.2, 0) is 4.79 Å². The van der Waals surface area contributed by atoms with Gasteiger partial charge in [-0.1, -0.05) is 0 Å². The maximum absolute atomic E-state index is 12.5. The summed E-state index contributed by atoms with van der Waals surface area (Å²) in [6.07, 6.45) is 0.967. The molecule has 3 heterocycles. The van der Waals surface area contributed by atoms with Crippen molar-refractivity contribution in [3.8, 4) is 22.8 Å². The summed E-state index contributed by atoms with van der Waals surface area (Å²) < 4.78 is 33.2. The Kier molecular flexibility index (Phi) is 5.10. The van der Waals surface area contributed by atoms with Crippen LogP contribution in [0, 0.1) is 11.8 Å². The van der Waals surface area contributed by atoms with Crippen molar-refractivity contribution in [3.05, 3.63) is 48.5 Å². The molecule has 0 saturated carbocycles. The van der Waals surface area contributed by atoms with Crippen LogP contribution in [0.1, 0.15) is 10.5 Å². The van der Waals surface area contributed by atoms with Crippen LogP contribution in [0.2, 0.25) is 0 Å². The van der Waals surface area contributed by atoms with Crippen LogP contribution in [0.3, 0.4) is 0 Å². The molecule has 33 heavy (non-hydrogen) atoms. The topological polar surface area (TPSA) is 75.7 Å². The van der Waals surface area contributed by atoms with E-state index in [9.17, 15) is 4.79 Å². The van der Waals surface area contributed by atoms with Crippen molar-refractivity contribution >= 4 is 22.5 Å². The highest BCUT2D eigenvalue weighted by Gasteiger charge is 2.40. The second kappa shape index (κ2) is 9.27. The lowest BCUT2D eigenvalue weighted by atomic mass is 9.89. The number of likely N-dealkylation sites (N-methyl/N-ethyl adjacent to an activating group) is 1. The fourth-order valence-electron chi connectivity index (χ4n) is 4.83. The number of carbonyl (C=O) groups excluding carboxylic acids is 1. The molecule has 2 N–H and O–H groups in total. The van der Waals surface area contributed by atoms with Gasteiger partial charge in [0.15, 0.2) is 0 Å². The summed E-state index contributed by atoms with van der Waals surface area (Å²) in [5.74, 6) is 1.42. The van der Waals surface area contributed by atoms with E-state index < -0.39 is 7.04 Å². The number of hydrogen-bond donors (Lipinski definition) is 2. The van der Waals surface area contributed by atoms with Crippen LogP contribution in [0.5, 0.6) is 11.5 Å². The summed E-state index contributed by atoms with van der Waals surface area (Å²) in [6, 6.07) is 15.0. The fraction of sp³-hybridized carbons (Fsp3) is 0.385. The van der Waals surface area contributed by atoms with Gasteiger partial charge in [0.2, 0.25) is 5.91 Å². The molecular weight excluding hydrogens is 416 g/mol. The number of anilines is 1. The molecule has 3 aromatic rings. The predicted molar refractivity (Wildman–Crippen MR) is 130 cm³/mol. The van der Waals surface area contributed by atoms with Gasteiger partial charge in [-0.3, -0.25) is 4.79 Å². The summed E-state index contributed by atoms with van der Waals surface area (Å²) in [5, 5.41) is 6.94. The van der Waals surface area contributed by atoms with Gasteiger partial charge in [0.05, 0.1) is 28.3 Å². The summed E-state index contributed by atoms with van der Waals surface area (Å²) in [5.41, 5.74) is 3.28. The third-order valence-electron chi connectivity index (χ3n) is 6.58. The Morgan fingerprint density at radius 3 is 2.82 bits per heavy atom. The van der Waals surface area contributed by atoms with E-state index in [4.69, 9.17) is 18.6 Å². The third-order valence-corrected chi connectivity index (χ3v) is 6.58. The average molecular weight is 450 g/mol. The molecule has 0 spiro atoms. The van der Waals surface area contributed by atoms with E-state index in [2.05, 4.69) is 21.6 Å². The van der Waals surface area contributed by atoms with Gasteiger partial charge in [-0.15, -0.1) is 0 Å². The molecule has 2 fully saturated rings. The molecule has 0 bridgehead atoms. The van der Waals surface area contributed by atoms with E-state index in [0.717, 1.165) is 54.1 Å². The number of carbonyl (C=O) groups is 1. The molecule has 1 aromatic heterocycles. The number of piperidine rings is 1. The van der Waals surface area contributed by atoms with Crippen LogP contribution in [0.15, 0.2) is 48.5 Å². The minimum Gasteiger partial charge on any atom is -0.497 e. The zero-order chi connectivity index (χ0) is 25.3. The lowest BCUT2D eigenvalue weighted by molar-refractivity contribution is -0.127. The quantitative estimate of drug-likeness (QED) is 0.540. The van der Waals surface area contributed by atoms with E-state index in [1.807, 2.05) is 37.4 Å². The Morgan fingerprint density at radius 1 is 1.18 bits per heavy atom. The molecule has 2 aromatic carbocycles. The number of rotatable bonds is 7. The number of methoxy groups -OCH3 is 1. The van der Waals surface area contributed by atoms with E-state index in [1.54, 1.807) is 12.1 Å². The summed E-state index contributed by atoms with van der Waals surface area (Å²) >= 11 is 0. The Labute approximate surface area is 198 Å². The second-order valence-electron chi connectivity index (χ2n) is 8.64. The lowest BCUT2D eigenvalue weighted by Crippen LogP contribution is -2.41. The molecule has 0 unspecified atom stereocenters. The summed E-state index contributed by atoms with van der Waals surface area (Å²) in [7, 11) is -0.666. The second-order valence-corrected chi connectivity index (χ2v) is 8.64. The Bertz CT molecular complexity index is 1250. The van der Waals surface area contributed by atoms with E-state index in [1.165, 1.54) is 0 Å². The van der Waals surface area contributed by atoms with Gasteiger partial charge >= 0.3 is 0 Å². The van der Waals surface area contributed by atoms with Crippen LogP contribution < -0.4 is 25.0 Å². The Morgan fingerprint density at radius 2 is 2.03 bits per heavy atom. The summed E-state index contributed by atoms with van der Waals surface area (Å²) in [4.78, 5) is 19.6. The van der Waals surface area contributed by atoms with E-state index >= 15 is 0 Å². The molecule has 172 valence electrons. The average Bonchev–Trinajstić information content (AvgIpc) is 3.28. The first-order valence-electron chi connectivity index (χ1n) is 12.8. The van der Waals surface area contributed by atoms with Gasteiger partial charge in [0.25, 0.3) is 0 Å². The van der Waals surface area contributed by atoms with Gasteiger partial charge < -0.3 is 25.0 Å². The van der Waals surface area contributed by atoms with Crippen molar-refractivity contribution < 1.29 is 18.4 Å². The van der Waals surface area contributed by atoms with Crippen molar-refractivity contribution in [1.29, 1.82) is 0 Å². The Hall–Kier alpha value is -3.32. The van der Waals surface area contributed by atoms with Crippen molar-refractivity contribution in [2.45, 2.75) is 6.42 Å². The molecule has 7 nitrogen and oxygen atoms in total. The molecule has 2 aliphatic rings. The minimum atomic E-state index is -2.55. The minimum absolute atomic E-state index is 0.0300. The SMILES string of the molecule is [2H]C([2H])([2H])Oc1ccc2c(N3C[C@@H]4CCNC(=O)[C@@H]4C3)cc(-c3ccc(OCCNC)cc3)nc2c1. The van der Waals surface area contributed by atoms with Gasteiger partial charge in [-0.2, -0.15) is 0 Å². The smallest absolute Gasteiger partial charge is 0.225 e. The number of nitrogens with zero attached hydrogens (tertiary/aromatic N) is 2. The van der Waals surface area contributed by atoms with Crippen LogP contribution in [-0.4, -0.2) is 57.8 Å². The lowest BCUT2D eigenvalue weighted by Gasteiger charge is -2.23. The number of nitrogens with one attached hydrogen (secondary N) is 2. The number of ether oxygens (including phenoxy) is 2. The fourth-order valence-corrected chi connectivity index (χ4v) is 4.83. The maximum Gasteiger partial charge on any atom is 0.225 e. The molecular formula is C26H30N4O3. The number of aromatic nitrogens is 1. The largest absolute Gasteiger partial charge is 0.497 e. The molecule has 5 rings (SSSR count). The van der Waals surface area contributed by atoms with Crippen molar-refractivity contribution in [2.24, 2.45) is 11.8 Å². The van der Waals surface area contributed by atoms with Gasteiger partial charge in [0, 0.05) is 48.9 Å². The first-order valence-corrected chi connectivity index (χ1v) is 11.3. The van der Waals surface area contributed by atoms with Crippen LogP contribution in [0.4, 0.5) is 5.69 Å². The van der Waals surface area contributed by atoms with E-state index in [0.29, 0.717) is 24.6 Å². The van der Waals surface area contributed by atoms with Gasteiger partial charge in [-0.05, 0) is 61.9 Å². The zero-order valence-corrected chi connectivity index (χ0v) is 18.6. The molecule has 2 aliphatic heterocycles. The molecule has 0 aliphatic carbocycles. The molecule has 0 radical (unpaired) electrons. The number of amides is 1. The van der Waals surface area contributed by atoms with Gasteiger partial charge in [0.1, 0.15) is 18.1 Å². The van der Waals surface area contributed by atoms with Crippen LogP contribution in [0.25, 0.3) is 22.2 Å². The predicted octanol–water partition coefficient (Wildman–Crippen LogP) is 3.08. The molecule has 1 amide bonds. The van der Waals surface area contributed by atoms with Crippen LogP contribution >= 0.6 is 0 Å². The normalized spacial score (nSPS) is 21.7. The zero-order valence-electron chi connectivity index (χ0n) is 21.6. The third kappa shape index (κ3) is 4.33. The molecule has 2 saturated heterocycles. The van der Waals surface area contributed by atoms with E-state index in [-0.39, 0.29) is 17.6 Å². The van der Waals surface area contributed by atoms with Gasteiger partial charge in [-0.25, -0.2) is 4.98 Å². The van der Waals surface area contributed by atoms with Crippen molar-refractivity contribution in [2.75, 3.05) is 51.8 Å². The van der Waals surface area contributed by atoms with Crippen molar-refractivity contribution in [1.82, 2.24) is 15.6 Å². The Balaban J connectivity index is 1.53. The highest BCUT2D eigenvalue weighted by Crippen LogP contribution is 2.38. The monoisotopic (exact) mass is 449 g/mol. The number of benzene rings is 2. The standard InChI is InChI=1S/C26H30N4O3/c1-27-11-12-33-19-5-3-17(4-6-19)23-14-25(21-8-7-20(32-2)13-24(21)29-23)30-15-18-9-10-28-26(31)22(18)16-30/h3-8,13-14,18,22,27H,9-12,15-16H2,1-2H3,(H,28,31)/t18-,22+/m0/s1/i2D3. The first kappa shape index (κ1) is 18.1.